The minimum atomic E-state index is -3.65. The van der Waals surface area contributed by atoms with E-state index in [9.17, 15) is 8.42 Å². The lowest BCUT2D eigenvalue weighted by Gasteiger charge is -2.39. The summed E-state index contributed by atoms with van der Waals surface area (Å²) in [7, 11) is -3.65. The van der Waals surface area contributed by atoms with Crippen molar-refractivity contribution in [3.63, 3.8) is 0 Å². The Labute approximate surface area is 142 Å². The predicted molar refractivity (Wildman–Crippen MR) is 88.8 cm³/mol. The standard InChI is InChI=1S/C12H16BrCl2NO2S2/c1-8-3-2-4-12(6-8,7-13)16-20(17,18)9-5-10(14)19-11(9)15/h5,8,16H,2-4,6-7H2,1H3. The zero-order valence-corrected chi connectivity index (χ0v) is 15.7. The Balaban J connectivity index is 2.28. The highest BCUT2D eigenvalue weighted by atomic mass is 79.9. The number of rotatable bonds is 4. The molecule has 0 aliphatic heterocycles. The van der Waals surface area contributed by atoms with Gasteiger partial charge in [0.15, 0.2) is 0 Å². The van der Waals surface area contributed by atoms with Gasteiger partial charge in [-0.15, -0.1) is 11.3 Å². The van der Waals surface area contributed by atoms with Crippen LogP contribution in [0.3, 0.4) is 0 Å². The molecule has 2 atom stereocenters. The van der Waals surface area contributed by atoms with Gasteiger partial charge >= 0.3 is 0 Å². The maximum Gasteiger partial charge on any atom is 0.243 e. The molecule has 0 aromatic carbocycles. The van der Waals surface area contributed by atoms with Gasteiger partial charge in [-0.1, -0.05) is 58.9 Å². The molecule has 0 radical (unpaired) electrons. The van der Waals surface area contributed by atoms with Gasteiger partial charge in [-0.2, -0.15) is 0 Å². The van der Waals surface area contributed by atoms with Gasteiger partial charge < -0.3 is 0 Å². The fourth-order valence-corrected chi connectivity index (χ4v) is 7.18. The Morgan fingerprint density at radius 1 is 1.55 bits per heavy atom. The molecule has 1 aromatic heterocycles. The fourth-order valence-electron chi connectivity index (χ4n) is 2.75. The lowest BCUT2D eigenvalue weighted by atomic mass is 9.78. The monoisotopic (exact) mass is 419 g/mol. The maximum absolute atomic E-state index is 12.5. The van der Waals surface area contributed by atoms with E-state index in [2.05, 4.69) is 27.6 Å². The highest BCUT2D eigenvalue weighted by Crippen LogP contribution is 2.38. The van der Waals surface area contributed by atoms with Crippen LogP contribution in [-0.2, 0) is 10.0 Å². The molecule has 20 heavy (non-hydrogen) atoms. The Morgan fingerprint density at radius 2 is 2.25 bits per heavy atom. The molecule has 1 aliphatic rings. The molecule has 1 N–H and O–H groups in total. The van der Waals surface area contributed by atoms with Crippen molar-refractivity contribution in [2.45, 2.75) is 43.0 Å². The third kappa shape index (κ3) is 3.70. The van der Waals surface area contributed by atoms with Crippen molar-refractivity contribution in [2.75, 3.05) is 5.33 Å². The summed E-state index contributed by atoms with van der Waals surface area (Å²) in [4.78, 5) is 0.0766. The summed E-state index contributed by atoms with van der Waals surface area (Å²) in [5, 5.41) is 0.596. The van der Waals surface area contributed by atoms with Crippen LogP contribution in [0.1, 0.15) is 32.6 Å². The van der Waals surface area contributed by atoms with Crippen LogP contribution in [0.15, 0.2) is 11.0 Å². The average Bonchev–Trinajstić information content (AvgIpc) is 2.69. The Kier molecular flexibility index (Phi) is 5.47. The lowest BCUT2D eigenvalue weighted by molar-refractivity contribution is 0.241. The quantitative estimate of drug-likeness (QED) is 0.718. The first kappa shape index (κ1) is 17.0. The van der Waals surface area contributed by atoms with Gasteiger partial charge in [0.25, 0.3) is 0 Å². The highest BCUT2D eigenvalue weighted by molar-refractivity contribution is 9.09. The minimum absolute atomic E-state index is 0.0766. The highest BCUT2D eigenvalue weighted by Gasteiger charge is 2.38. The summed E-state index contributed by atoms with van der Waals surface area (Å²) >= 11 is 16.3. The summed E-state index contributed by atoms with van der Waals surface area (Å²) in [6, 6.07) is 1.41. The topological polar surface area (TPSA) is 46.2 Å². The fraction of sp³-hybridized carbons (Fsp3) is 0.667. The van der Waals surface area contributed by atoms with Crippen molar-refractivity contribution in [1.29, 1.82) is 0 Å². The molecule has 3 nitrogen and oxygen atoms in total. The first-order chi connectivity index (χ1) is 9.28. The zero-order valence-electron chi connectivity index (χ0n) is 11.0. The molecule has 1 aromatic rings. The number of hydrogen-bond donors (Lipinski definition) is 1. The summed E-state index contributed by atoms with van der Waals surface area (Å²) in [6.07, 6.45) is 3.82. The molecule has 0 saturated heterocycles. The number of thiophene rings is 1. The molecule has 1 saturated carbocycles. The third-order valence-electron chi connectivity index (χ3n) is 3.61. The van der Waals surface area contributed by atoms with Gasteiger partial charge in [-0.3, -0.25) is 0 Å². The van der Waals surface area contributed by atoms with E-state index in [0.717, 1.165) is 37.0 Å². The summed E-state index contributed by atoms with van der Waals surface area (Å²) < 4.78 is 28.5. The normalized spacial score (nSPS) is 27.7. The number of nitrogens with one attached hydrogen (secondary N) is 1. The van der Waals surface area contributed by atoms with Crippen LogP contribution in [0.4, 0.5) is 0 Å². The largest absolute Gasteiger partial charge is 0.243 e. The zero-order chi connectivity index (χ0) is 15.0. The lowest BCUT2D eigenvalue weighted by Crippen LogP contribution is -2.52. The average molecular weight is 421 g/mol. The predicted octanol–water partition coefficient (Wildman–Crippen LogP) is 4.68. The summed E-state index contributed by atoms with van der Waals surface area (Å²) in [6.45, 7) is 2.15. The molecule has 0 bridgehead atoms. The first-order valence-corrected chi connectivity index (χ1v) is 10.5. The van der Waals surface area contributed by atoms with Crippen molar-refractivity contribution in [3.05, 3.63) is 14.7 Å². The van der Waals surface area contributed by atoms with E-state index in [4.69, 9.17) is 23.2 Å². The van der Waals surface area contributed by atoms with E-state index in [1.165, 1.54) is 6.07 Å². The van der Waals surface area contributed by atoms with Gasteiger partial charge in [0, 0.05) is 10.9 Å². The molecule has 1 heterocycles. The van der Waals surface area contributed by atoms with Crippen LogP contribution in [0.5, 0.6) is 0 Å². The van der Waals surface area contributed by atoms with Crippen molar-refractivity contribution in [3.8, 4) is 0 Å². The van der Waals surface area contributed by atoms with Crippen LogP contribution >= 0.6 is 50.5 Å². The van der Waals surface area contributed by atoms with E-state index in [1.54, 1.807) is 0 Å². The molecule has 1 aliphatic carbocycles. The molecule has 8 heteroatoms. The first-order valence-electron chi connectivity index (χ1n) is 6.33. The second kappa shape index (κ2) is 6.42. The molecular weight excluding hydrogens is 405 g/mol. The van der Waals surface area contributed by atoms with E-state index in [1.807, 2.05) is 0 Å². The smallest absolute Gasteiger partial charge is 0.207 e. The van der Waals surface area contributed by atoms with Crippen molar-refractivity contribution in [1.82, 2.24) is 4.72 Å². The van der Waals surface area contributed by atoms with Gasteiger partial charge in [0.05, 0.1) is 4.34 Å². The number of alkyl halides is 1. The SMILES string of the molecule is CC1CCCC(CBr)(NS(=O)(=O)c2cc(Cl)sc2Cl)C1. The van der Waals surface area contributed by atoms with Crippen molar-refractivity contribution < 1.29 is 8.42 Å². The Morgan fingerprint density at radius 3 is 2.75 bits per heavy atom. The minimum Gasteiger partial charge on any atom is -0.207 e. The van der Waals surface area contributed by atoms with Crippen LogP contribution in [0.2, 0.25) is 8.67 Å². The Bertz CT molecular complexity index is 590. The summed E-state index contributed by atoms with van der Waals surface area (Å²) in [5.41, 5.74) is -0.436. The van der Waals surface area contributed by atoms with Gasteiger partial charge in [0.1, 0.15) is 9.23 Å². The molecule has 114 valence electrons. The second-order valence-corrected chi connectivity index (χ2v) is 9.91. The van der Waals surface area contributed by atoms with E-state index in [0.29, 0.717) is 15.6 Å². The number of halogens is 3. The van der Waals surface area contributed by atoms with Gasteiger partial charge in [0.2, 0.25) is 10.0 Å². The van der Waals surface area contributed by atoms with Crippen molar-refractivity contribution in [2.24, 2.45) is 5.92 Å². The van der Waals surface area contributed by atoms with Crippen molar-refractivity contribution >= 4 is 60.5 Å². The molecule has 1 fully saturated rings. The molecule has 2 unspecified atom stereocenters. The van der Waals surface area contributed by atoms with E-state index in [-0.39, 0.29) is 9.23 Å². The van der Waals surface area contributed by atoms with Gasteiger partial charge in [-0.25, -0.2) is 13.1 Å². The van der Waals surface area contributed by atoms with Crippen LogP contribution < -0.4 is 4.72 Å². The third-order valence-corrected chi connectivity index (χ3v) is 8.02. The maximum atomic E-state index is 12.5. The van der Waals surface area contributed by atoms with Crippen LogP contribution in [0.25, 0.3) is 0 Å². The number of hydrogen-bond acceptors (Lipinski definition) is 3. The summed E-state index contributed by atoms with van der Waals surface area (Å²) in [5.74, 6) is 0.505. The van der Waals surface area contributed by atoms with E-state index < -0.39 is 15.6 Å². The molecular formula is C12H16BrCl2NO2S2. The van der Waals surface area contributed by atoms with Gasteiger partial charge in [-0.05, 0) is 24.8 Å². The number of sulfonamides is 1. The van der Waals surface area contributed by atoms with E-state index >= 15 is 0 Å². The van der Waals surface area contributed by atoms with Crippen LogP contribution in [0, 0.1) is 5.92 Å². The van der Waals surface area contributed by atoms with Crippen LogP contribution in [-0.4, -0.2) is 19.3 Å². The second-order valence-electron chi connectivity index (χ2n) is 5.41. The molecule has 0 spiro atoms. The Hall–Kier alpha value is 0.670. The molecule has 2 rings (SSSR count). The molecule has 0 amide bonds.